The number of hydrogen-bond donors (Lipinski definition) is 0. The fourth-order valence-electron chi connectivity index (χ4n) is 2.51. The highest BCUT2D eigenvalue weighted by Crippen LogP contribution is 2.34. The van der Waals surface area contributed by atoms with Gasteiger partial charge in [0.1, 0.15) is 0 Å². The van der Waals surface area contributed by atoms with E-state index in [1.807, 2.05) is 0 Å². The van der Waals surface area contributed by atoms with Crippen molar-refractivity contribution in [1.82, 2.24) is 0 Å². The Morgan fingerprint density at radius 1 is 0.765 bits per heavy atom. The zero-order valence-corrected chi connectivity index (χ0v) is 13.1. The van der Waals surface area contributed by atoms with E-state index in [9.17, 15) is 0 Å². The van der Waals surface area contributed by atoms with Crippen molar-refractivity contribution < 1.29 is 0 Å². The van der Waals surface area contributed by atoms with Crippen molar-refractivity contribution in [2.45, 2.75) is 98.8 Å². The molecule has 0 heteroatoms. The van der Waals surface area contributed by atoms with Crippen LogP contribution in [0, 0.1) is 11.3 Å². The third kappa shape index (κ3) is 8.69. The summed E-state index contributed by atoms with van der Waals surface area (Å²) >= 11 is 0. The minimum atomic E-state index is 0.553. The molecule has 0 radical (unpaired) electrons. The molecule has 1 atom stereocenters. The van der Waals surface area contributed by atoms with Crippen LogP contribution in [0.15, 0.2) is 0 Å². The number of hydrogen-bond acceptors (Lipinski definition) is 0. The second-order valence-electron chi connectivity index (χ2n) is 6.52. The summed E-state index contributed by atoms with van der Waals surface area (Å²) in [7, 11) is 0. The van der Waals surface area contributed by atoms with Crippen molar-refractivity contribution in [1.29, 1.82) is 0 Å². The first-order valence-corrected chi connectivity index (χ1v) is 8.04. The molecule has 0 saturated carbocycles. The fourth-order valence-corrected chi connectivity index (χ4v) is 2.51. The lowest BCUT2D eigenvalue weighted by Gasteiger charge is -2.31. The zero-order chi connectivity index (χ0) is 13.1. The molecule has 0 aromatic carbocycles. The first kappa shape index (κ1) is 17.0. The summed E-state index contributed by atoms with van der Waals surface area (Å²) in [6.45, 7) is 11.9. The van der Waals surface area contributed by atoms with Crippen LogP contribution in [0.4, 0.5) is 0 Å². The van der Waals surface area contributed by atoms with Crippen LogP contribution in [-0.4, -0.2) is 0 Å². The molecule has 0 saturated heterocycles. The zero-order valence-electron chi connectivity index (χ0n) is 13.1. The standard InChI is InChI=1S/C17H36/c1-6-8-9-10-11-12-13-14-15-17(4,5)16(3)7-2/h16H,6-15H2,1-5H3. The maximum Gasteiger partial charge on any atom is -0.0329 e. The summed E-state index contributed by atoms with van der Waals surface area (Å²) in [5.74, 6) is 0.868. The Labute approximate surface area is 111 Å². The summed E-state index contributed by atoms with van der Waals surface area (Å²) in [4.78, 5) is 0. The molecular formula is C17H36. The highest BCUT2D eigenvalue weighted by Gasteiger charge is 2.23. The normalized spacial score (nSPS) is 13.9. The fraction of sp³-hybridized carbons (Fsp3) is 1.00. The minimum absolute atomic E-state index is 0.553. The van der Waals surface area contributed by atoms with E-state index in [1.165, 1.54) is 64.2 Å². The van der Waals surface area contributed by atoms with Crippen LogP contribution in [0.3, 0.4) is 0 Å². The molecular weight excluding hydrogens is 204 g/mol. The summed E-state index contributed by atoms with van der Waals surface area (Å²) in [5, 5.41) is 0. The van der Waals surface area contributed by atoms with Gasteiger partial charge in [0.2, 0.25) is 0 Å². The van der Waals surface area contributed by atoms with Crippen LogP contribution in [0.1, 0.15) is 98.8 Å². The van der Waals surface area contributed by atoms with Crippen molar-refractivity contribution >= 4 is 0 Å². The monoisotopic (exact) mass is 240 g/mol. The maximum atomic E-state index is 2.45. The van der Waals surface area contributed by atoms with Gasteiger partial charge in [-0.25, -0.2) is 0 Å². The van der Waals surface area contributed by atoms with Crippen LogP contribution < -0.4 is 0 Å². The van der Waals surface area contributed by atoms with Gasteiger partial charge in [-0.3, -0.25) is 0 Å². The largest absolute Gasteiger partial charge is 0.0654 e. The quantitative estimate of drug-likeness (QED) is 0.357. The average molecular weight is 240 g/mol. The molecule has 0 heterocycles. The lowest BCUT2D eigenvalue weighted by atomic mass is 9.75. The first-order valence-electron chi connectivity index (χ1n) is 8.04. The van der Waals surface area contributed by atoms with Gasteiger partial charge in [0.05, 0.1) is 0 Å². The van der Waals surface area contributed by atoms with Gasteiger partial charge >= 0.3 is 0 Å². The Bertz CT molecular complexity index is 157. The highest BCUT2D eigenvalue weighted by molar-refractivity contribution is 4.74. The minimum Gasteiger partial charge on any atom is -0.0654 e. The smallest absolute Gasteiger partial charge is 0.0329 e. The Balaban J connectivity index is 3.38. The van der Waals surface area contributed by atoms with Crippen LogP contribution >= 0.6 is 0 Å². The summed E-state index contributed by atoms with van der Waals surface area (Å²) in [6.07, 6.45) is 14.3. The highest BCUT2D eigenvalue weighted by atomic mass is 14.3. The van der Waals surface area contributed by atoms with E-state index in [0.29, 0.717) is 5.41 Å². The summed E-state index contributed by atoms with van der Waals surface area (Å²) < 4.78 is 0. The van der Waals surface area contributed by atoms with Gasteiger partial charge in [0.15, 0.2) is 0 Å². The van der Waals surface area contributed by atoms with Crippen LogP contribution in [0.2, 0.25) is 0 Å². The average Bonchev–Trinajstić information content (AvgIpc) is 2.31. The Kier molecular flexibility index (Phi) is 9.97. The molecule has 0 aliphatic carbocycles. The molecule has 0 rings (SSSR count). The van der Waals surface area contributed by atoms with E-state index in [2.05, 4.69) is 34.6 Å². The van der Waals surface area contributed by atoms with Gasteiger partial charge < -0.3 is 0 Å². The van der Waals surface area contributed by atoms with Crippen molar-refractivity contribution in [3.63, 3.8) is 0 Å². The molecule has 0 aliphatic heterocycles. The van der Waals surface area contributed by atoms with Crippen LogP contribution in [-0.2, 0) is 0 Å². The van der Waals surface area contributed by atoms with Crippen molar-refractivity contribution in [3.8, 4) is 0 Å². The molecule has 0 aliphatic rings. The van der Waals surface area contributed by atoms with Crippen molar-refractivity contribution in [2.24, 2.45) is 11.3 Å². The summed E-state index contributed by atoms with van der Waals surface area (Å²) in [6, 6.07) is 0. The molecule has 0 nitrogen and oxygen atoms in total. The predicted molar refractivity (Wildman–Crippen MR) is 80.5 cm³/mol. The van der Waals surface area contributed by atoms with Crippen LogP contribution in [0.25, 0.3) is 0 Å². The van der Waals surface area contributed by atoms with Crippen molar-refractivity contribution in [2.75, 3.05) is 0 Å². The Morgan fingerprint density at radius 3 is 1.71 bits per heavy atom. The van der Waals surface area contributed by atoms with Gasteiger partial charge in [-0.1, -0.05) is 92.4 Å². The third-order valence-corrected chi connectivity index (χ3v) is 4.62. The lowest BCUT2D eigenvalue weighted by molar-refractivity contribution is 0.199. The lowest BCUT2D eigenvalue weighted by Crippen LogP contribution is -2.20. The molecule has 0 aromatic rings. The van der Waals surface area contributed by atoms with Crippen LogP contribution in [0.5, 0.6) is 0 Å². The molecule has 1 unspecified atom stereocenters. The molecule has 17 heavy (non-hydrogen) atoms. The van der Waals surface area contributed by atoms with E-state index in [-0.39, 0.29) is 0 Å². The molecule has 0 bridgehead atoms. The molecule has 0 fully saturated rings. The number of rotatable bonds is 11. The molecule has 0 spiro atoms. The van der Waals surface area contributed by atoms with Gasteiger partial charge in [0.25, 0.3) is 0 Å². The second kappa shape index (κ2) is 9.97. The molecule has 104 valence electrons. The third-order valence-electron chi connectivity index (χ3n) is 4.62. The summed E-state index contributed by atoms with van der Waals surface area (Å²) in [5.41, 5.74) is 0.553. The SMILES string of the molecule is CCCCCCCCCCC(C)(C)C(C)CC. The van der Waals surface area contributed by atoms with E-state index >= 15 is 0 Å². The van der Waals surface area contributed by atoms with Gasteiger partial charge in [-0.15, -0.1) is 0 Å². The van der Waals surface area contributed by atoms with E-state index in [1.54, 1.807) is 0 Å². The molecule has 0 N–H and O–H groups in total. The van der Waals surface area contributed by atoms with E-state index in [4.69, 9.17) is 0 Å². The predicted octanol–water partition coefficient (Wildman–Crippen LogP) is 6.59. The Morgan fingerprint density at radius 2 is 1.24 bits per heavy atom. The van der Waals surface area contributed by atoms with Gasteiger partial charge in [-0.2, -0.15) is 0 Å². The van der Waals surface area contributed by atoms with E-state index < -0.39 is 0 Å². The van der Waals surface area contributed by atoms with Gasteiger partial charge in [-0.05, 0) is 17.8 Å². The topological polar surface area (TPSA) is 0 Å². The van der Waals surface area contributed by atoms with Crippen molar-refractivity contribution in [3.05, 3.63) is 0 Å². The molecule has 0 amide bonds. The second-order valence-corrected chi connectivity index (χ2v) is 6.52. The Hall–Kier alpha value is 0. The number of unbranched alkanes of at least 4 members (excludes halogenated alkanes) is 7. The van der Waals surface area contributed by atoms with Gasteiger partial charge in [0, 0.05) is 0 Å². The first-order chi connectivity index (χ1) is 8.04. The maximum absolute atomic E-state index is 2.45. The van der Waals surface area contributed by atoms with E-state index in [0.717, 1.165) is 5.92 Å². The molecule has 0 aromatic heterocycles.